The number of hydrogen-bond donors (Lipinski definition) is 1. The standard InChI is InChI=1S/C16H27N3/c1-3-19-11-9-15(10-12-19)18(2)13-16(17)14-7-5-4-6-8-14/h4-8,15-16H,3,9-13,17H2,1-2H3. The van der Waals surface area contributed by atoms with Gasteiger partial charge in [-0.3, -0.25) is 0 Å². The fourth-order valence-corrected chi connectivity index (χ4v) is 2.94. The van der Waals surface area contributed by atoms with Crippen molar-refractivity contribution in [1.29, 1.82) is 0 Å². The van der Waals surface area contributed by atoms with Crippen molar-refractivity contribution in [3.63, 3.8) is 0 Å². The average molecular weight is 261 g/mol. The topological polar surface area (TPSA) is 32.5 Å². The Morgan fingerprint density at radius 3 is 2.47 bits per heavy atom. The predicted octanol–water partition coefficient (Wildman–Crippen LogP) is 2.10. The van der Waals surface area contributed by atoms with E-state index >= 15 is 0 Å². The molecule has 0 saturated carbocycles. The maximum absolute atomic E-state index is 6.30. The largest absolute Gasteiger partial charge is 0.323 e. The maximum atomic E-state index is 6.30. The third-order valence-corrected chi connectivity index (χ3v) is 4.34. The zero-order valence-electron chi connectivity index (χ0n) is 12.3. The van der Waals surface area contributed by atoms with Crippen molar-refractivity contribution >= 4 is 0 Å². The molecule has 1 aliphatic heterocycles. The van der Waals surface area contributed by atoms with E-state index in [9.17, 15) is 0 Å². The second-order valence-electron chi connectivity index (χ2n) is 5.62. The molecule has 1 unspecified atom stereocenters. The van der Waals surface area contributed by atoms with Crippen LogP contribution in [0.5, 0.6) is 0 Å². The molecular weight excluding hydrogens is 234 g/mol. The second kappa shape index (κ2) is 7.04. The molecule has 19 heavy (non-hydrogen) atoms. The van der Waals surface area contributed by atoms with Gasteiger partial charge in [-0.2, -0.15) is 0 Å². The lowest BCUT2D eigenvalue weighted by Gasteiger charge is -2.37. The van der Waals surface area contributed by atoms with E-state index in [-0.39, 0.29) is 6.04 Å². The van der Waals surface area contributed by atoms with E-state index in [1.807, 2.05) is 6.07 Å². The molecule has 1 aliphatic rings. The van der Waals surface area contributed by atoms with Crippen LogP contribution >= 0.6 is 0 Å². The van der Waals surface area contributed by atoms with Gasteiger partial charge in [0.15, 0.2) is 0 Å². The zero-order valence-corrected chi connectivity index (χ0v) is 12.3. The lowest BCUT2D eigenvalue weighted by molar-refractivity contribution is 0.127. The van der Waals surface area contributed by atoms with Gasteiger partial charge in [-0.05, 0) is 45.1 Å². The van der Waals surface area contributed by atoms with Crippen LogP contribution in [0.15, 0.2) is 30.3 Å². The van der Waals surface area contributed by atoms with Crippen LogP contribution in [-0.2, 0) is 0 Å². The Hall–Kier alpha value is -0.900. The van der Waals surface area contributed by atoms with Gasteiger partial charge in [0.25, 0.3) is 0 Å². The first-order chi connectivity index (χ1) is 9.20. The molecule has 0 spiro atoms. The van der Waals surface area contributed by atoms with Crippen LogP contribution in [0.1, 0.15) is 31.4 Å². The lowest BCUT2D eigenvalue weighted by atomic mass is 10.0. The van der Waals surface area contributed by atoms with Crippen molar-refractivity contribution in [2.24, 2.45) is 5.73 Å². The van der Waals surface area contributed by atoms with E-state index in [4.69, 9.17) is 5.73 Å². The molecule has 2 rings (SSSR count). The van der Waals surface area contributed by atoms with Crippen LogP contribution in [0, 0.1) is 0 Å². The summed E-state index contributed by atoms with van der Waals surface area (Å²) >= 11 is 0. The van der Waals surface area contributed by atoms with E-state index in [0.29, 0.717) is 6.04 Å². The highest BCUT2D eigenvalue weighted by Gasteiger charge is 2.22. The van der Waals surface area contributed by atoms with Crippen molar-refractivity contribution < 1.29 is 0 Å². The first-order valence-corrected chi connectivity index (χ1v) is 7.43. The summed E-state index contributed by atoms with van der Waals surface area (Å²) in [5.41, 5.74) is 7.54. The van der Waals surface area contributed by atoms with Crippen molar-refractivity contribution in [1.82, 2.24) is 9.80 Å². The zero-order chi connectivity index (χ0) is 13.7. The molecule has 0 bridgehead atoms. The second-order valence-corrected chi connectivity index (χ2v) is 5.62. The summed E-state index contributed by atoms with van der Waals surface area (Å²) in [5, 5.41) is 0. The number of likely N-dealkylation sites (tertiary alicyclic amines) is 1. The van der Waals surface area contributed by atoms with Crippen LogP contribution < -0.4 is 5.73 Å². The summed E-state index contributed by atoms with van der Waals surface area (Å²) in [7, 11) is 2.22. The molecule has 0 amide bonds. The smallest absolute Gasteiger partial charge is 0.0424 e. The number of rotatable bonds is 5. The molecule has 3 heteroatoms. The van der Waals surface area contributed by atoms with E-state index in [2.05, 4.69) is 48.0 Å². The summed E-state index contributed by atoms with van der Waals surface area (Å²) in [6, 6.07) is 11.2. The molecule has 0 aromatic heterocycles. The molecule has 1 atom stereocenters. The van der Waals surface area contributed by atoms with Gasteiger partial charge in [0.05, 0.1) is 0 Å². The van der Waals surface area contributed by atoms with E-state index < -0.39 is 0 Å². The summed E-state index contributed by atoms with van der Waals surface area (Å²) < 4.78 is 0. The van der Waals surface area contributed by atoms with Gasteiger partial charge in [-0.1, -0.05) is 37.3 Å². The van der Waals surface area contributed by atoms with Crippen LogP contribution in [0.25, 0.3) is 0 Å². The van der Waals surface area contributed by atoms with Gasteiger partial charge in [-0.15, -0.1) is 0 Å². The minimum absolute atomic E-state index is 0.121. The van der Waals surface area contributed by atoms with Gasteiger partial charge in [0, 0.05) is 18.6 Å². The number of hydrogen-bond acceptors (Lipinski definition) is 3. The van der Waals surface area contributed by atoms with Crippen molar-refractivity contribution in [2.75, 3.05) is 33.2 Å². The predicted molar refractivity (Wildman–Crippen MR) is 81.1 cm³/mol. The van der Waals surface area contributed by atoms with E-state index in [1.54, 1.807) is 0 Å². The quantitative estimate of drug-likeness (QED) is 0.881. The molecule has 1 aromatic carbocycles. The number of likely N-dealkylation sites (N-methyl/N-ethyl adjacent to an activating group) is 1. The Labute approximate surface area is 117 Å². The molecule has 1 fully saturated rings. The van der Waals surface area contributed by atoms with Crippen LogP contribution in [0.2, 0.25) is 0 Å². The molecular formula is C16H27N3. The normalized spacial score (nSPS) is 19.8. The van der Waals surface area contributed by atoms with Crippen LogP contribution in [-0.4, -0.2) is 49.1 Å². The van der Waals surface area contributed by atoms with Crippen molar-refractivity contribution in [3.05, 3.63) is 35.9 Å². The molecule has 0 radical (unpaired) electrons. The Balaban J connectivity index is 1.83. The Morgan fingerprint density at radius 1 is 1.26 bits per heavy atom. The first kappa shape index (κ1) is 14.5. The van der Waals surface area contributed by atoms with Gasteiger partial charge in [0.1, 0.15) is 0 Å². The number of nitrogens with two attached hydrogens (primary N) is 1. The summed E-state index contributed by atoms with van der Waals surface area (Å²) in [4.78, 5) is 4.98. The highest BCUT2D eigenvalue weighted by atomic mass is 15.2. The third kappa shape index (κ3) is 4.03. The summed E-state index contributed by atoms with van der Waals surface area (Å²) in [6.45, 7) is 6.83. The van der Waals surface area contributed by atoms with Gasteiger partial charge < -0.3 is 15.5 Å². The molecule has 0 aliphatic carbocycles. The molecule has 1 heterocycles. The third-order valence-electron chi connectivity index (χ3n) is 4.34. The first-order valence-electron chi connectivity index (χ1n) is 7.43. The minimum Gasteiger partial charge on any atom is -0.323 e. The summed E-state index contributed by atoms with van der Waals surface area (Å²) in [6.07, 6.45) is 2.54. The van der Waals surface area contributed by atoms with Gasteiger partial charge in [-0.25, -0.2) is 0 Å². The lowest BCUT2D eigenvalue weighted by Crippen LogP contribution is -2.45. The number of piperidine rings is 1. The fourth-order valence-electron chi connectivity index (χ4n) is 2.94. The fraction of sp³-hybridized carbons (Fsp3) is 0.625. The van der Waals surface area contributed by atoms with Crippen molar-refractivity contribution in [2.45, 2.75) is 31.8 Å². The molecule has 1 aromatic rings. The van der Waals surface area contributed by atoms with Gasteiger partial charge in [0.2, 0.25) is 0 Å². The average Bonchev–Trinajstić information content (AvgIpc) is 2.48. The Morgan fingerprint density at radius 2 is 1.89 bits per heavy atom. The summed E-state index contributed by atoms with van der Waals surface area (Å²) in [5.74, 6) is 0. The molecule has 106 valence electrons. The molecule has 1 saturated heterocycles. The SMILES string of the molecule is CCN1CCC(N(C)CC(N)c2ccccc2)CC1. The minimum atomic E-state index is 0.121. The van der Waals surface area contributed by atoms with E-state index in [1.165, 1.54) is 38.0 Å². The van der Waals surface area contributed by atoms with Crippen LogP contribution in [0.3, 0.4) is 0 Å². The number of nitrogens with zero attached hydrogens (tertiary/aromatic N) is 2. The van der Waals surface area contributed by atoms with E-state index in [0.717, 1.165) is 6.54 Å². The number of benzene rings is 1. The maximum Gasteiger partial charge on any atom is 0.0424 e. The Bertz CT molecular complexity index is 358. The molecule has 3 nitrogen and oxygen atoms in total. The molecule has 2 N–H and O–H groups in total. The van der Waals surface area contributed by atoms with Gasteiger partial charge >= 0.3 is 0 Å². The highest BCUT2D eigenvalue weighted by Crippen LogP contribution is 2.18. The Kier molecular flexibility index (Phi) is 5.37. The highest BCUT2D eigenvalue weighted by molar-refractivity contribution is 5.18. The monoisotopic (exact) mass is 261 g/mol. The van der Waals surface area contributed by atoms with Crippen LogP contribution in [0.4, 0.5) is 0 Å². The van der Waals surface area contributed by atoms with Crippen molar-refractivity contribution in [3.8, 4) is 0 Å².